The van der Waals surface area contributed by atoms with Crippen LogP contribution in [0.15, 0.2) is 24.3 Å². The van der Waals surface area contributed by atoms with Gasteiger partial charge in [0, 0.05) is 5.69 Å². The van der Waals surface area contributed by atoms with Gasteiger partial charge in [-0.2, -0.15) is 0 Å². The fourth-order valence-electron chi connectivity index (χ4n) is 1.76. The number of methoxy groups -OCH3 is 1. The third kappa shape index (κ3) is 5.25. The average molecular weight is 310 g/mol. The first-order valence-electron chi connectivity index (χ1n) is 6.75. The number of hydrogen-bond donors (Lipinski definition) is 3. The van der Waals surface area contributed by atoms with Crippen molar-refractivity contribution < 1.29 is 24.2 Å². The second-order valence-electron chi connectivity index (χ2n) is 5.76. The number of aliphatic hydroxyl groups is 1. The quantitative estimate of drug-likeness (QED) is 0.572. The maximum atomic E-state index is 11.8. The van der Waals surface area contributed by atoms with Gasteiger partial charge < -0.3 is 25.6 Å². The molecule has 122 valence electrons. The molecule has 0 unspecified atom stereocenters. The smallest absolute Gasteiger partial charge is 0.408 e. The van der Waals surface area contributed by atoms with Crippen LogP contribution in [0.5, 0.6) is 0 Å². The molecule has 0 saturated heterocycles. The van der Waals surface area contributed by atoms with Crippen molar-refractivity contribution in [3.05, 3.63) is 29.8 Å². The van der Waals surface area contributed by atoms with Crippen LogP contribution in [-0.2, 0) is 14.3 Å². The summed E-state index contributed by atoms with van der Waals surface area (Å²) in [6.45, 7) is 5.07. The van der Waals surface area contributed by atoms with Crippen LogP contribution >= 0.6 is 0 Å². The highest BCUT2D eigenvalue weighted by atomic mass is 16.6. The Morgan fingerprint density at radius 2 is 1.95 bits per heavy atom. The Kier molecular flexibility index (Phi) is 5.76. The zero-order valence-electron chi connectivity index (χ0n) is 13.1. The minimum Gasteiger partial charge on any atom is -0.467 e. The molecule has 1 amide bonds. The van der Waals surface area contributed by atoms with E-state index < -0.39 is 29.8 Å². The second kappa shape index (κ2) is 7.13. The average Bonchev–Trinajstić information content (AvgIpc) is 2.41. The fourth-order valence-corrected chi connectivity index (χ4v) is 1.76. The molecule has 0 aliphatic carbocycles. The first-order valence-corrected chi connectivity index (χ1v) is 6.75. The first-order chi connectivity index (χ1) is 10.1. The number of amides is 1. The number of benzene rings is 1. The van der Waals surface area contributed by atoms with Crippen molar-refractivity contribution in [2.24, 2.45) is 0 Å². The molecule has 0 aromatic heterocycles. The molecular formula is C15H22N2O5. The van der Waals surface area contributed by atoms with Crippen molar-refractivity contribution in [1.29, 1.82) is 0 Å². The maximum absolute atomic E-state index is 11.8. The molecule has 2 atom stereocenters. The Morgan fingerprint density at radius 3 is 2.45 bits per heavy atom. The first kappa shape index (κ1) is 17.8. The standard InChI is InChI=1S/C15H22N2O5/c1-15(2,3)22-14(20)17-11(13(19)21-4)12(18)9-6-5-7-10(16)8-9/h5-8,11-12,18H,16H2,1-4H3,(H,17,20)/t11-,12+/m0/s1. The van der Waals surface area contributed by atoms with E-state index in [-0.39, 0.29) is 0 Å². The summed E-state index contributed by atoms with van der Waals surface area (Å²) in [6, 6.07) is 5.08. The molecule has 1 aromatic rings. The predicted octanol–water partition coefficient (Wildman–Crippen LogP) is 1.37. The Bertz CT molecular complexity index is 539. The van der Waals surface area contributed by atoms with Crippen molar-refractivity contribution in [1.82, 2.24) is 5.32 Å². The lowest BCUT2D eigenvalue weighted by Gasteiger charge is -2.25. The van der Waals surface area contributed by atoms with Gasteiger partial charge in [0.2, 0.25) is 0 Å². The molecule has 0 heterocycles. The number of nitrogen functional groups attached to an aromatic ring is 1. The molecule has 7 heteroatoms. The van der Waals surface area contributed by atoms with Crippen LogP contribution in [-0.4, -0.2) is 35.9 Å². The number of carbonyl (C=O) groups is 2. The van der Waals surface area contributed by atoms with Gasteiger partial charge in [0.15, 0.2) is 6.04 Å². The summed E-state index contributed by atoms with van der Waals surface area (Å²) in [7, 11) is 1.16. The number of ether oxygens (including phenoxy) is 2. The van der Waals surface area contributed by atoms with Gasteiger partial charge in [-0.05, 0) is 38.5 Å². The van der Waals surface area contributed by atoms with Crippen molar-refractivity contribution in [3.8, 4) is 0 Å². The highest BCUT2D eigenvalue weighted by Gasteiger charge is 2.32. The Balaban J connectivity index is 2.93. The van der Waals surface area contributed by atoms with E-state index >= 15 is 0 Å². The number of nitrogens with two attached hydrogens (primary N) is 1. The summed E-state index contributed by atoms with van der Waals surface area (Å²) in [4.78, 5) is 23.6. The lowest BCUT2D eigenvalue weighted by Crippen LogP contribution is -2.47. The van der Waals surface area contributed by atoms with Gasteiger partial charge in [0.1, 0.15) is 11.7 Å². The zero-order chi connectivity index (χ0) is 16.9. The van der Waals surface area contributed by atoms with E-state index in [0.29, 0.717) is 11.3 Å². The van der Waals surface area contributed by atoms with Crippen molar-refractivity contribution in [3.63, 3.8) is 0 Å². The third-order valence-electron chi connectivity index (χ3n) is 2.70. The van der Waals surface area contributed by atoms with Gasteiger partial charge in [-0.15, -0.1) is 0 Å². The largest absolute Gasteiger partial charge is 0.467 e. The van der Waals surface area contributed by atoms with Gasteiger partial charge in [-0.25, -0.2) is 9.59 Å². The molecule has 0 bridgehead atoms. The van der Waals surface area contributed by atoms with Crippen molar-refractivity contribution in [2.45, 2.75) is 38.5 Å². The molecule has 22 heavy (non-hydrogen) atoms. The van der Waals surface area contributed by atoms with Gasteiger partial charge in [0.25, 0.3) is 0 Å². The number of anilines is 1. The van der Waals surface area contributed by atoms with E-state index in [9.17, 15) is 14.7 Å². The van der Waals surface area contributed by atoms with E-state index in [2.05, 4.69) is 10.1 Å². The van der Waals surface area contributed by atoms with E-state index in [1.807, 2.05) is 0 Å². The van der Waals surface area contributed by atoms with Crippen LogP contribution in [0.4, 0.5) is 10.5 Å². The Hall–Kier alpha value is -2.28. The topological polar surface area (TPSA) is 111 Å². The number of aliphatic hydroxyl groups excluding tert-OH is 1. The molecule has 0 aliphatic heterocycles. The highest BCUT2D eigenvalue weighted by molar-refractivity contribution is 5.82. The lowest BCUT2D eigenvalue weighted by molar-refractivity contribution is -0.146. The molecule has 0 fully saturated rings. The molecule has 0 aliphatic rings. The molecule has 1 rings (SSSR count). The summed E-state index contributed by atoms with van der Waals surface area (Å²) in [5, 5.41) is 12.6. The maximum Gasteiger partial charge on any atom is 0.408 e. The molecule has 0 radical (unpaired) electrons. The van der Waals surface area contributed by atoms with E-state index in [1.165, 1.54) is 6.07 Å². The van der Waals surface area contributed by atoms with Crippen LogP contribution in [0, 0.1) is 0 Å². The number of nitrogens with one attached hydrogen (secondary N) is 1. The number of carbonyl (C=O) groups excluding carboxylic acids is 2. The minimum absolute atomic E-state index is 0.381. The summed E-state index contributed by atoms with van der Waals surface area (Å²) in [5.41, 5.74) is 5.73. The number of alkyl carbamates (subject to hydrolysis) is 1. The van der Waals surface area contributed by atoms with Crippen LogP contribution in [0.2, 0.25) is 0 Å². The van der Waals surface area contributed by atoms with E-state index in [0.717, 1.165) is 7.11 Å². The second-order valence-corrected chi connectivity index (χ2v) is 5.76. The molecule has 0 saturated carbocycles. The Labute approximate surface area is 129 Å². The SMILES string of the molecule is COC(=O)[C@@H](NC(=O)OC(C)(C)C)[C@H](O)c1cccc(N)c1. The normalized spacial score (nSPS) is 13.9. The third-order valence-corrected chi connectivity index (χ3v) is 2.70. The molecule has 1 aromatic carbocycles. The summed E-state index contributed by atoms with van der Waals surface area (Å²) in [6.07, 6.45) is -2.14. The van der Waals surface area contributed by atoms with Gasteiger partial charge in [0.05, 0.1) is 7.11 Å². The zero-order valence-corrected chi connectivity index (χ0v) is 13.1. The molecule has 7 nitrogen and oxygen atoms in total. The molecule has 0 spiro atoms. The van der Waals surface area contributed by atoms with Crippen molar-refractivity contribution in [2.75, 3.05) is 12.8 Å². The van der Waals surface area contributed by atoms with Crippen LogP contribution < -0.4 is 11.1 Å². The number of rotatable bonds is 4. The van der Waals surface area contributed by atoms with Crippen molar-refractivity contribution >= 4 is 17.7 Å². The van der Waals surface area contributed by atoms with E-state index in [4.69, 9.17) is 10.5 Å². The van der Waals surface area contributed by atoms with Gasteiger partial charge in [-0.1, -0.05) is 12.1 Å². The fraction of sp³-hybridized carbons (Fsp3) is 0.467. The van der Waals surface area contributed by atoms with E-state index in [1.54, 1.807) is 39.0 Å². The Morgan fingerprint density at radius 1 is 1.32 bits per heavy atom. The summed E-state index contributed by atoms with van der Waals surface area (Å²) in [5.74, 6) is -0.791. The lowest BCUT2D eigenvalue weighted by atomic mass is 10.0. The number of esters is 1. The molecule has 4 N–H and O–H groups in total. The monoisotopic (exact) mass is 310 g/mol. The summed E-state index contributed by atoms with van der Waals surface area (Å²) >= 11 is 0. The summed E-state index contributed by atoms with van der Waals surface area (Å²) < 4.78 is 9.69. The van der Waals surface area contributed by atoms with Gasteiger partial charge in [-0.3, -0.25) is 0 Å². The van der Waals surface area contributed by atoms with Crippen LogP contribution in [0.25, 0.3) is 0 Å². The van der Waals surface area contributed by atoms with Gasteiger partial charge >= 0.3 is 12.1 Å². The molecular weight excluding hydrogens is 288 g/mol. The minimum atomic E-state index is -1.32. The number of hydrogen-bond acceptors (Lipinski definition) is 6. The van der Waals surface area contributed by atoms with Crippen LogP contribution in [0.1, 0.15) is 32.4 Å². The highest BCUT2D eigenvalue weighted by Crippen LogP contribution is 2.20. The predicted molar refractivity (Wildman–Crippen MR) is 81.0 cm³/mol. The van der Waals surface area contributed by atoms with Crippen LogP contribution in [0.3, 0.4) is 0 Å².